The molecule has 1 N–H and O–H groups in total. The lowest BCUT2D eigenvalue weighted by molar-refractivity contribution is -0.124. The number of fused-ring (bicyclic) bond motifs is 1. The topological polar surface area (TPSA) is 84.9 Å². The van der Waals surface area contributed by atoms with Crippen molar-refractivity contribution in [1.29, 1.82) is 0 Å². The maximum absolute atomic E-state index is 14.2. The lowest BCUT2D eigenvalue weighted by Crippen LogP contribution is -2.45. The highest BCUT2D eigenvalue weighted by atomic mass is 32.2. The summed E-state index contributed by atoms with van der Waals surface area (Å²) in [7, 11) is -4.12. The van der Waals surface area contributed by atoms with E-state index in [9.17, 15) is 17.6 Å². The Morgan fingerprint density at radius 2 is 2.09 bits per heavy atom. The summed E-state index contributed by atoms with van der Waals surface area (Å²) in [6, 6.07) is 8.14. The molecule has 9 heteroatoms. The van der Waals surface area contributed by atoms with E-state index in [0.717, 1.165) is 33.7 Å². The van der Waals surface area contributed by atoms with Gasteiger partial charge < -0.3 is 14.8 Å². The Hall–Kier alpha value is -2.65. The molecule has 7 nitrogen and oxygen atoms in total. The average Bonchev–Trinajstić information content (AvgIpc) is 3.38. The van der Waals surface area contributed by atoms with Crippen LogP contribution >= 0.6 is 0 Å². The van der Waals surface area contributed by atoms with Crippen LogP contribution in [0.4, 0.5) is 4.39 Å². The van der Waals surface area contributed by atoms with Crippen molar-refractivity contribution in [1.82, 2.24) is 9.62 Å². The number of nitrogens with zero attached hydrogens (tertiary/aromatic N) is 1. The average molecular weight is 463 g/mol. The number of halogens is 1. The van der Waals surface area contributed by atoms with Crippen molar-refractivity contribution in [2.45, 2.75) is 56.7 Å². The monoisotopic (exact) mass is 462 g/mol. The van der Waals surface area contributed by atoms with Crippen molar-refractivity contribution in [3.05, 3.63) is 53.3 Å². The van der Waals surface area contributed by atoms with Gasteiger partial charge in [-0.3, -0.25) is 4.79 Å². The Kier molecular flexibility index (Phi) is 6.39. The summed E-state index contributed by atoms with van der Waals surface area (Å²) < 4.78 is 52.8. The normalized spacial score (nSPS) is 20.6. The van der Waals surface area contributed by atoms with E-state index in [1.165, 1.54) is 18.2 Å². The van der Waals surface area contributed by atoms with Gasteiger partial charge in [0.1, 0.15) is 34.4 Å². The summed E-state index contributed by atoms with van der Waals surface area (Å²) in [4.78, 5) is 12.6. The number of sulfonamides is 1. The van der Waals surface area contributed by atoms with Crippen LogP contribution in [0.2, 0.25) is 0 Å². The zero-order chi connectivity index (χ0) is 22.9. The number of nitrogens with one attached hydrogen (secondary N) is 1. The Bertz CT molecular complexity index is 1120. The molecule has 2 aliphatic heterocycles. The van der Waals surface area contributed by atoms with Gasteiger partial charge in [0.2, 0.25) is 15.9 Å². The molecule has 1 amide bonds. The van der Waals surface area contributed by atoms with E-state index in [-0.39, 0.29) is 19.2 Å². The Morgan fingerprint density at radius 1 is 1.31 bits per heavy atom. The summed E-state index contributed by atoms with van der Waals surface area (Å²) in [6.07, 6.45) is 1.79. The fourth-order valence-corrected chi connectivity index (χ4v) is 6.00. The van der Waals surface area contributed by atoms with Crippen LogP contribution in [0.15, 0.2) is 41.3 Å². The first-order valence-electron chi connectivity index (χ1n) is 10.8. The van der Waals surface area contributed by atoms with Gasteiger partial charge in [-0.15, -0.1) is 0 Å². The van der Waals surface area contributed by atoms with Crippen LogP contribution < -0.4 is 14.8 Å². The first-order valence-corrected chi connectivity index (χ1v) is 12.2. The molecule has 0 spiro atoms. The van der Waals surface area contributed by atoms with Crippen molar-refractivity contribution in [3.8, 4) is 11.5 Å². The molecule has 172 valence electrons. The van der Waals surface area contributed by atoms with Crippen LogP contribution in [0.25, 0.3) is 0 Å². The molecule has 1 fully saturated rings. The molecule has 2 aromatic carbocycles. The number of carbonyl (C=O) groups excluding carboxylic acids is 1. The van der Waals surface area contributed by atoms with Crippen LogP contribution in [-0.4, -0.2) is 43.9 Å². The van der Waals surface area contributed by atoms with Gasteiger partial charge in [0.05, 0.1) is 6.61 Å². The van der Waals surface area contributed by atoms with Gasteiger partial charge in [-0.05, 0) is 51.0 Å². The van der Waals surface area contributed by atoms with Crippen LogP contribution in [0.3, 0.4) is 0 Å². The zero-order valence-corrected chi connectivity index (χ0v) is 19.0. The van der Waals surface area contributed by atoms with Crippen molar-refractivity contribution in [3.63, 3.8) is 0 Å². The third-order valence-corrected chi connectivity index (χ3v) is 7.70. The minimum absolute atomic E-state index is 0.0833. The van der Waals surface area contributed by atoms with E-state index in [1.807, 2.05) is 26.0 Å². The van der Waals surface area contributed by atoms with Crippen LogP contribution in [0.1, 0.15) is 37.8 Å². The Morgan fingerprint density at radius 3 is 2.84 bits per heavy atom. The van der Waals surface area contributed by atoms with E-state index in [2.05, 4.69) is 5.32 Å². The second-order valence-electron chi connectivity index (χ2n) is 8.06. The summed E-state index contributed by atoms with van der Waals surface area (Å²) in [5, 5.41) is 2.84. The molecule has 2 atom stereocenters. The third kappa shape index (κ3) is 4.31. The first-order chi connectivity index (χ1) is 15.3. The number of amides is 1. The van der Waals surface area contributed by atoms with E-state index in [1.54, 1.807) is 0 Å². The van der Waals surface area contributed by atoms with E-state index >= 15 is 0 Å². The third-order valence-electron chi connectivity index (χ3n) is 5.76. The minimum atomic E-state index is -4.12. The molecule has 2 aromatic rings. The molecule has 0 radical (unpaired) electrons. The standard InChI is InChI=1S/C23H27FN2O5S/c1-3-30-20-12-16-11-15(2)31-21(16)13-17(20)14-25-23(27)19-8-6-10-26(19)32(28,29)22-9-5-4-7-18(22)24/h4-5,7,9,12-13,15,19H,3,6,8,10-11,14H2,1-2H3,(H,25,27). The lowest BCUT2D eigenvalue weighted by Gasteiger charge is -2.24. The fraction of sp³-hybridized carbons (Fsp3) is 0.435. The number of benzene rings is 2. The molecule has 2 aliphatic rings. The second kappa shape index (κ2) is 9.07. The number of ether oxygens (including phenoxy) is 2. The summed E-state index contributed by atoms with van der Waals surface area (Å²) in [6.45, 7) is 4.70. The van der Waals surface area contributed by atoms with Gasteiger partial charge in [-0.2, -0.15) is 4.31 Å². The number of rotatable bonds is 7. The smallest absolute Gasteiger partial charge is 0.246 e. The molecule has 0 aliphatic carbocycles. The van der Waals surface area contributed by atoms with Gasteiger partial charge in [0.15, 0.2) is 0 Å². The predicted molar refractivity (Wildman–Crippen MR) is 117 cm³/mol. The van der Waals surface area contributed by atoms with Crippen LogP contribution in [0, 0.1) is 5.82 Å². The van der Waals surface area contributed by atoms with Gasteiger partial charge >= 0.3 is 0 Å². The molecular formula is C23H27FN2O5S. The molecule has 0 aromatic heterocycles. The molecule has 2 heterocycles. The SMILES string of the molecule is CCOc1cc2c(cc1CNC(=O)C1CCCN1S(=O)(=O)c1ccccc1F)OC(C)C2. The van der Waals surface area contributed by atoms with Crippen molar-refractivity contribution in [2.75, 3.05) is 13.2 Å². The molecule has 1 saturated heterocycles. The highest BCUT2D eigenvalue weighted by molar-refractivity contribution is 7.89. The van der Waals surface area contributed by atoms with Gasteiger partial charge in [-0.25, -0.2) is 12.8 Å². The minimum Gasteiger partial charge on any atom is -0.494 e. The van der Waals surface area contributed by atoms with E-state index < -0.39 is 32.7 Å². The highest BCUT2D eigenvalue weighted by Crippen LogP contribution is 2.35. The second-order valence-corrected chi connectivity index (χ2v) is 9.91. The van der Waals surface area contributed by atoms with Gasteiger partial charge in [-0.1, -0.05) is 12.1 Å². The largest absolute Gasteiger partial charge is 0.494 e. The molecule has 2 unspecified atom stereocenters. The predicted octanol–water partition coefficient (Wildman–Crippen LogP) is 3.02. The van der Waals surface area contributed by atoms with Crippen LogP contribution in [-0.2, 0) is 27.8 Å². The maximum Gasteiger partial charge on any atom is 0.246 e. The number of hydrogen-bond donors (Lipinski definition) is 1. The first kappa shape index (κ1) is 22.5. The van der Waals surface area contributed by atoms with E-state index in [4.69, 9.17) is 9.47 Å². The fourth-order valence-electron chi connectivity index (χ4n) is 4.28. The maximum atomic E-state index is 14.2. The molecule has 4 rings (SSSR count). The highest BCUT2D eigenvalue weighted by Gasteiger charge is 2.40. The Labute approximate surface area is 187 Å². The van der Waals surface area contributed by atoms with Crippen LogP contribution in [0.5, 0.6) is 11.5 Å². The van der Waals surface area contributed by atoms with Crippen molar-refractivity contribution >= 4 is 15.9 Å². The van der Waals surface area contributed by atoms with Gasteiger partial charge in [0, 0.05) is 30.6 Å². The Balaban J connectivity index is 1.51. The number of carbonyl (C=O) groups is 1. The quantitative estimate of drug-likeness (QED) is 0.684. The molecule has 0 saturated carbocycles. The number of hydrogen-bond acceptors (Lipinski definition) is 5. The molecule has 0 bridgehead atoms. The summed E-state index contributed by atoms with van der Waals surface area (Å²) in [5.74, 6) is 0.202. The van der Waals surface area contributed by atoms with Crippen molar-refractivity contribution in [2.24, 2.45) is 0 Å². The van der Waals surface area contributed by atoms with E-state index in [0.29, 0.717) is 25.2 Å². The van der Waals surface area contributed by atoms with Crippen molar-refractivity contribution < 1.29 is 27.1 Å². The zero-order valence-electron chi connectivity index (χ0n) is 18.1. The lowest BCUT2D eigenvalue weighted by atomic mass is 10.1. The molecule has 32 heavy (non-hydrogen) atoms. The van der Waals surface area contributed by atoms with Gasteiger partial charge in [0.25, 0.3) is 0 Å². The molecular weight excluding hydrogens is 435 g/mol. The summed E-state index contributed by atoms with van der Waals surface area (Å²) in [5.41, 5.74) is 1.82. The summed E-state index contributed by atoms with van der Waals surface area (Å²) >= 11 is 0.